The Labute approximate surface area is 131 Å². The normalized spacial score (nSPS) is 12.2. The molecule has 0 aliphatic rings. The van der Waals surface area contributed by atoms with E-state index in [0.29, 0.717) is 0 Å². The molecule has 0 amide bonds. The van der Waals surface area contributed by atoms with Crippen molar-refractivity contribution in [1.82, 2.24) is 0 Å². The molecule has 0 aliphatic carbocycles. The van der Waals surface area contributed by atoms with Gasteiger partial charge in [0.2, 0.25) is 0 Å². The highest BCUT2D eigenvalue weighted by Gasteiger charge is 2.08. The third kappa shape index (κ3) is 4.26. The van der Waals surface area contributed by atoms with Crippen LogP contribution in [0.3, 0.4) is 0 Å². The van der Waals surface area contributed by atoms with Gasteiger partial charge in [0, 0.05) is 23.1 Å². The van der Waals surface area contributed by atoms with E-state index in [0.717, 1.165) is 22.8 Å². The van der Waals surface area contributed by atoms with E-state index in [2.05, 4.69) is 37.3 Å². The number of nitrogens with two attached hydrogens (primary N) is 1. The molecule has 1 atom stereocenters. The van der Waals surface area contributed by atoms with Gasteiger partial charge in [0.05, 0.1) is 7.11 Å². The summed E-state index contributed by atoms with van der Waals surface area (Å²) in [7, 11) is 1.72. The lowest BCUT2D eigenvalue weighted by atomic mass is 10.1. The molecule has 0 fully saturated rings. The standard InChI is InChI=1S/C18H23NOS/c1-13-6-4-5-7-16(13)11-21-12-17-10-15(14(2)19)8-9-18(17)20-3/h4-10,14H,11-12,19H2,1-3H3. The van der Waals surface area contributed by atoms with Gasteiger partial charge in [-0.2, -0.15) is 11.8 Å². The average molecular weight is 301 g/mol. The number of rotatable bonds is 6. The first-order valence-electron chi connectivity index (χ1n) is 7.16. The lowest BCUT2D eigenvalue weighted by Crippen LogP contribution is -2.05. The lowest BCUT2D eigenvalue weighted by Gasteiger charge is -2.13. The van der Waals surface area contributed by atoms with Crippen LogP contribution in [0.5, 0.6) is 5.75 Å². The van der Waals surface area contributed by atoms with Gasteiger partial charge in [0.25, 0.3) is 0 Å². The molecule has 0 heterocycles. The van der Waals surface area contributed by atoms with Crippen LogP contribution < -0.4 is 10.5 Å². The van der Waals surface area contributed by atoms with Crippen molar-refractivity contribution in [2.24, 2.45) is 5.73 Å². The van der Waals surface area contributed by atoms with E-state index in [9.17, 15) is 0 Å². The summed E-state index contributed by atoms with van der Waals surface area (Å²) in [6.45, 7) is 4.17. The molecule has 0 bridgehead atoms. The summed E-state index contributed by atoms with van der Waals surface area (Å²) >= 11 is 1.90. The van der Waals surface area contributed by atoms with Crippen LogP contribution in [-0.4, -0.2) is 7.11 Å². The predicted molar refractivity (Wildman–Crippen MR) is 91.8 cm³/mol. The van der Waals surface area contributed by atoms with Crippen LogP contribution in [0.2, 0.25) is 0 Å². The Morgan fingerprint density at radius 2 is 1.81 bits per heavy atom. The number of thioether (sulfide) groups is 1. The SMILES string of the molecule is COc1ccc(C(C)N)cc1CSCc1ccccc1C. The summed E-state index contributed by atoms with van der Waals surface area (Å²) < 4.78 is 5.45. The minimum absolute atomic E-state index is 0.0519. The van der Waals surface area contributed by atoms with E-state index >= 15 is 0 Å². The van der Waals surface area contributed by atoms with Gasteiger partial charge in [-0.25, -0.2) is 0 Å². The van der Waals surface area contributed by atoms with Crippen LogP contribution in [0.4, 0.5) is 0 Å². The highest BCUT2D eigenvalue weighted by Crippen LogP contribution is 2.28. The highest BCUT2D eigenvalue weighted by atomic mass is 32.2. The van der Waals surface area contributed by atoms with Gasteiger partial charge in [0.1, 0.15) is 5.75 Å². The zero-order valence-corrected chi connectivity index (χ0v) is 13.7. The molecule has 2 N–H and O–H groups in total. The van der Waals surface area contributed by atoms with Gasteiger partial charge >= 0.3 is 0 Å². The molecule has 112 valence electrons. The van der Waals surface area contributed by atoms with Gasteiger partial charge in [0.15, 0.2) is 0 Å². The first-order chi connectivity index (χ1) is 10.1. The minimum Gasteiger partial charge on any atom is -0.496 e. The number of methoxy groups -OCH3 is 1. The first-order valence-corrected chi connectivity index (χ1v) is 8.32. The van der Waals surface area contributed by atoms with Crippen LogP contribution in [0.25, 0.3) is 0 Å². The molecule has 0 aliphatic heterocycles. The Hall–Kier alpha value is -1.45. The van der Waals surface area contributed by atoms with E-state index in [1.165, 1.54) is 16.7 Å². The zero-order valence-electron chi connectivity index (χ0n) is 12.9. The van der Waals surface area contributed by atoms with Crippen LogP contribution in [0, 0.1) is 6.92 Å². The molecule has 0 radical (unpaired) electrons. The number of ether oxygens (including phenoxy) is 1. The second-order valence-electron chi connectivity index (χ2n) is 5.28. The Morgan fingerprint density at radius 1 is 1.10 bits per heavy atom. The van der Waals surface area contributed by atoms with Gasteiger partial charge in [-0.3, -0.25) is 0 Å². The van der Waals surface area contributed by atoms with E-state index < -0.39 is 0 Å². The predicted octanol–water partition coefficient (Wildman–Crippen LogP) is 4.46. The number of aryl methyl sites for hydroxylation is 1. The average Bonchev–Trinajstić information content (AvgIpc) is 2.49. The molecule has 0 aromatic heterocycles. The maximum absolute atomic E-state index is 5.97. The quantitative estimate of drug-likeness (QED) is 0.855. The number of hydrogen-bond donors (Lipinski definition) is 1. The van der Waals surface area contributed by atoms with Crippen molar-refractivity contribution >= 4 is 11.8 Å². The number of benzene rings is 2. The Balaban J connectivity index is 2.05. The second kappa shape index (κ2) is 7.53. The summed E-state index contributed by atoms with van der Waals surface area (Å²) in [5.74, 6) is 2.88. The topological polar surface area (TPSA) is 35.2 Å². The summed E-state index contributed by atoms with van der Waals surface area (Å²) in [6, 6.07) is 14.8. The van der Waals surface area contributed by atoms with Gasteiger partial charge in [-0.1, -0.05) is 30.3 Å². The van der Waals surface area contributed by atoms with Crippen molar-refractivity contribution in [3.8, 4) is 5.75 Å². The number of hydrogen-bond acceptors (Lipinski definition) is 3. The summed E-state index contributed by atoms with van der Waals surface area (Å²) in [5.41, 5.74) is 11.1. The Morgan fingerprint density at radius 3 is 2.48 bits per heavy atom. The third-order valence-corrected chi connectivity index (χ3v) is 4.64. The highest BCUT2D eigenvalue weighted by molar-refractivity contribution is 7.97. The van der Waals surface area contributed by atoms with Crippen molar-refractivity contribution < 1.29 is 4.74 Å². The Kier molecular flexibility index (Phi) is 5.71. The van der Waals surface area contributed by atoms with E-state index in [1.54, 1.807) is 7.11 Å². The molecule has 3 heteroatoms. The van der Waals surface area contributed by atoms with Crippen LogP contribution in [0.1, 0.15) is 35.2 Å². The second-order valence-corrected chi connectivity index (χ2v) is 6.26. The molecule has 1 unspecified atom stereocenters. The van der Waals surface area contributed by atoms with Crippen LogP contribution in [-0.2, 0) is 11.5 Å². The monoisotopic (exact) mass is 301 g/mol. The fourth-order valence-electron chi connectivity index (χ4n) is 2.24. The largest absolute Gasteiger partial charge is 0.496 e. The van der Waals surface area contributed by atoms with E-state index in [1.807, 2.05) is 30.8 Å². The molecule has 2 aromatic rings. The Bertz CT molecular complexity index is 596. The molecular weight excluding hydrogens is 278 g/mol. The molecule has 21 heavy (non-hydrogen) atoms. The van der Waals surface area contributed by atoms with Crippen molar-refractivity contribution in [3.05, 3.63) is 64.7 Å². The molecule has 0 saturated carbocycles. The van der Waals surface area contributed by atoms with Crippen molar-refractivity contribution in [1.29, 1.82) is 0 Å². The molecular formula is C18H23NOS. The first kappa shape index (κ1) is 15.9. The van der Waals surface area contributed by atoms with Gasteiger partial charge < -0.3 is 10.5 Å². The lowest BCUT2D eigenvalue weighted by molar-refractivity contribution is 0.411. The van der Waals surface area contributed by atoms with Gasteiger partial charge in [-0.15, -0.1) is 0 Å². The minimum atomic E-state index is 0.0519. The maximum Gasteiger partial charge on any atom is 0.122 e. The molecule has 2 nitrogen and oxygen atoms in total. The maximum atomic E-state index is 5.97. The zero-order chi connectivity index (χ0) is 15.2. The van der Waals surface area contributed by atoms with Crippen LogP contribution >= 0.6 is 11.8 Å². The molecule has 2 rings (SSSR count). The van der Waals surface area contributed by atoms with Gasteiger partial charge in [-0.05, 0) is 42.7 Å². The molecule has 0 spiro atoms. The van der Waals surface area contributed by atoms with Crippen molar-refractivity contribution in [2.75, 3.05) is 7.11 Å². The molecule has 0 saturated heterocycles. The summed E-state index contributed by atoms with van der Waals surface area (Å²) in [4.78, 5) is 0. The van der Waals surface area contributed by atoms with E-state index in [4.69, 9.17) is 10.5 Å². The summed E-state index contributed by atoms with van der Waals surface area (Å²) in [5, 5.41) is 0. The third-order valence-electron chi connectivity index (χ3n) is 3.61. The fourth-order valence-corrected chi connectivity index (χ4v) is 3.33. The fraction of sp³-hybridized carbons (Fsp3) is 0.333. The molecule has 2 aromatic carbocycles. The smallest absolute Gasteiger partial charge is 0.122 e. The van der Waals surface area contributed by atoms with E-state index in [-0.39, 0.29) is 6.04 Å². The van der Waals surface area contributed by atoms with Crippen molar-refractivity contribution in [3.63, 3.8) is 0 Å². The van der Waals surface area contributed by atoms with Crippen LogP contribution in [0.15, 0.2) is 42.5 Å². The summed E-state index contributed by atoms with van der Waals surface area (Å²) in [6.07, 6.45) is 0. The van der Waals surface area contributed by atoms with Crippen molar-refractivity contribution in [2.45, 2.75) is 31.4 Å².